The predicted molar refractivity (Wildman–Crippen MR) is 486 cm³/mol. The van der Waals surface area contributed by atoms with Gasteiger partial charge in [0.25, 0.3) is 0 Å². The van der Waals surface area contributed by atoms with Gasteiger partial charge in [-0.1, -0.05) is 252 Å². The molecule has 4 aliphatic heterocycles. The van der Waals surface area contributed by atoms with Gasteiger partial charge in [0.05, 0.1) is 45.6 Å². The summed E-state index contributed by atoms with van der Waals surface area (Å²) in [5.41, 5.74) is 44.3. The molecule has 8 nitrogen and oxygen atoms in total. The normalized spacial score (nSPS) is 12.2. The molecule has 0 aliphatic carbocycles. The van der Waals surface area contributed by atoms with Crippen molar-refractivity contribution in [1.29, 1.82) is 0 Å². The van der Waals surface area contributed by atoms with Crippen molar-refractivity contribution in [1.82, 2.24) is 39.9 Å². The van der Waals surface area contributed by atoms with Crippen LogP contribution in [0.25, 0.3) is 182 Å². The summed E-state index contributed by atoms with van der Waals surface area (Å²) < 4.78 is 0. The summed E-state index contributed by atoms with van der Waals surface area (Å²) in [4.78, 5) is 37.9. The number of nitrogens with one attached hydrogen (secondary N) is 4. The molecule has 0 saturated heterocycles. The highest BCUT2D eigenvalue weighted by molar-refractivity contribution is 7.98. The number of nitrogens with zero attached hydrogens (tertiary/aromatic N) is 4. The molecule has 0 radical (unpaired) electrons. The van der Waals surface area contributed by atoms with Gasteiger partial charge < -0.3 is 19.9 Å². The van der Waals surface area contributed by atoms with Gasteiger partial charge in [-0.25, -0.2) is 19.9 Å². The molecule has 550 valence electrons. The molecule has 15 aromatic rings. The zero-order valence-electron chi connectivity index (χ0n) is 64.5. The van der Waals surface area contributed by atoms with Gasteiger partial charge in [0.15, 0.2) is 0 Å². The largest absolute Gasteiger partial charge is 0.354 e. The average Bonchev–Trinajstić information content (AvgIpc) is 1.62. The molecule has 0 spiro atoms. The predicted octanol–water partition coefficient (Wildman–Crippen LogP) is 27.7. The molecule has 9 aromatic carbocycles. The van der Waals surface area contributed by atoms with E-state index in [1.54, 1.807) is 0 Å². The number of benzene rings is 9. The Morgan fingerprint density at radius 1 is 0.175 bits per heavy atom. The molecule has 114 heavy (non-hydrogen) atoms. The lowest BCUT2D eigenvalue weighted by Gasteiger charge is -2.09. The van der Waals surface area contributed by atoms with E-state index in [9.17, 15) is 0 Å². The Morgan fingerprint density at radius 2 is 0.307 bits per heavy atom. The van der Waals surface area contributed by atoms with Crippen molar-refractivity contribution < 1.29 is 0 Å². The number of hydrogen-bond donors (Lipinski definition) is 4. The van der Waals surface area contributed by atoms with Gasteiger partial charge in [-0.3, -0.25) is 0 Å². The van der Waals surface area contributed by atoms with E-state index in [-0.39, 0.29) is 0 Å². The number of hydrogen-bond acceptors (Lipinski definition) is 6. The number of aromatic nitrogens is 8. The second kappa shape index (κ2) is 30.5. The fraction of sp³-hybridized carbons (Fsp3) is 0.0962. The fourth-order valence-corrected chi connectivity index (χ4v) is 17.9. The number of thioether (sulfide) groups is 2. The van der Waals surface area contributed by atoms with Gasteiger partial charge in [-0.2, -0.15) is 23.5 Å². The summed E-state index contributed by atoms with van der Waals surface area (Å²) >= 11 is 3.89. The molecule has 4 N–H and O–H groups in total. The third-order valence-corrected chi connectivity index (χ3v) is 24.3. The van der Waals surface area contributed by atoms with E-state index in [1.807, 2.05) is 23.5 Å². The van der Waals surface area contributed by atoms with Crippen molar-refractivity contribution in [2.24, 2.45) is 0 Å². The summed E-state index contributed by atoms with van der Waals surface area (Å²) in [6.45, 7) is 12.8. The summed E-state index contributed by atoms with van der Waals surface area (Å²) in [5.74, 6) is 3.58. The maximum atomic E-state index is 5.59. The Kier molecular flexibility index (Phi) is 19.1. The van der Waals surface area contributed by atoms with E-state index in [0.29, 0.717) is 0 Å². The minimum Gasteiger partial charge on any atom is -0.354 e. The van der Waals surface area contributed by atoms with Gasteiger partial charge >= 0.3 is 0 Å². The Bertz CT molecular complexity index is 6250. The standard InChI is InChI=1S/C104H82N8S2/c1-63-7-27-73(28-8-63)97-81-43-47-85(105-81)99(75-31-11-65(3)12-32-75)89-51-55-93(109-89)103(94-56-52-90(110-94)100(86-48-44-82(97)106-86)76-33-13-66(4)14-34-76)79-39-23-71(24-40-79)61-113-59-69-19-21-70(22-20-69)60-114-62-72-25-41-80(42-26-72)104-95-57-53-91(111-95)101(77-35-15-67(5)16-36-77)87-49-45-83(107-87)98(74-29-9-64(2)10-30-74)84-46-50-88(108-84)102(92-54-58-96(104)112-92)78-37-17-68(6)18-38-78/h7-58,105,107,110,112H,59-62H2,1-6H3. The van der Waals surface area contributed by atoms with Crippen molar-refractivity contribution >= 4 is 116 Å². The average molecular weight is 1510 g/mol. The van der Waals surface area contributed by atoms with Crippen LogP contribution >= 0.6 is 23.5 Å². The van der Waals surface area contributed by atoms with Crippen LogP contribution in [0, 0.1) is 41.5 Å². The Labute approximate surface area is 673 Å². The third-order valence-electron chi connectivity index (χ3n) is 22.1. The molecule has 0 fully saturated rings. The Morgan fingerprint density at radius 3 is 0.456 bits per heavy atom. The Hall–Kier alpha value is -13.1. The monoisotopic (exact) mass is 1510 g/mol. The number of fused-ring (bicyclic) bond motifs is 16. The van der Waals surface area contributed by atoms with E-state index in [1.165, 1.54) is 55.6 Å². The van der Waals surface area contributed by atoms with Gasteiger partial charge in [-0.05, 0) is 205 Å². The number of aromatic amines is 4. The molecule has 6 aromatic heterocycles. The van der Waals surface area contributed by atoms with Crippen LogP contribution in [0.15, 0.2) is 267 Å². The van der Waals surface area contributed by atoms with Crippen LogP contribution in [0.2, 0.25) is 0 Å². The molecule has 0 atom stereocenters. The summed E-state index contributed by atoms with van der Waals surface area (Å²) in [6, 6.07) is 97.7. The van der Waals surface area contributed by atoms with Crippen molar-refractivity contribution in [3.05, 3.63) is 368 Å². The van der Waals surface area contributed by atoms with Crippen LogP contribution < -0.4 is 0 Å². The minimum atomic E-state index is 0.880. The lowest BCUT2D eigenvalue weighted by Crippen LogP contribution is -1.90. The molecule has 4 aliphatic rings. The highest BCUT2D eigenvalue weighted by atomic mass is 32.2. The van der Waals surface area contributed by atoms with Gasteiger partial charge in [0, 0.05) is 112 Å². The number of rotatable bonds is 16. The molecular weight excluding hydrogens is 1430 g/mol. The first-order valence-electron chi connectivity index (χ1n) is 39.0. The van der Waals surface area contributed by atoms with Gasteiger partial charge in [0.1, 0.15) is 0 Å². The summed E-state index contributed by atoms with van der Waals surface area (Å²) in [5, 5.41) is 0. The zero-order chi connectivity index (χ0) is 76.9. The smallest absolute Gasteiger partial charge is 0.0737 e. The zero-order valence-corrected chi connectivity index (χ0v) is 66.1. The van der Waals surface area contributed by atoms with Crippen LogP contribution in [0.3, 0.4) is 0 Å². The second-order valence-corrected chi connectivity index (χ2v) is 32.4. The first-order chi connectivity index (χ1) is 55.9. The highest BCUT2D eigenvalue weighted by Gasteiger charge is 2.23. The summed E-state index contributed by atoms with van der Waals surface area (Å²) in [7, 11) is 0. The molecule has 16 bridgehead atoms. The summed E-state index contributed by atoms with van der Waals surface area (Å²) in [6.07, 6.45) is 17.4. The van der Waals surface area contributed by atoms with E-state index in [0.717, 1.165) is 202 Å². The van der Waals surface area contributed by atoms with Crippen molar-refractivity contribution in [2.75, 3.05) is 0 Å². The van der Waals surface area contributed by atoms with E-state index < -0.39 is 0 Å². The van der Waals surface area contributed by atoms with Crippen LogP contribution in [0.4, 0.5) is 0 Å². The molecule has 0 saturated carbocycles. The lowest BCUT2D eigenvalue weighted by atomic mass is 10.0. The quantitative estimate of drug-likeness (QED) is 0.0766. The topological polar surface area (TPSA) is 115 Å². The maximum Gasteiger partial charge on any atom is 0.0737 e. The van der Waals surface area contributed by atoms with Crippen LogP contribution in [0.1, 0.15) is 101 Å². The molecule has 10 heterocycles. The fourth-order valence-electron chi connectivity index (χ4n) is 16.0. The second-order valence-electron chi connectivity index (χ2n) is 30.4. The lowest BCUT2D eigenvalue weighted by molar-refractivity contribution is 1.30. The molecule has 0 unspecified atom stereocenters. The Balaban J connectivity index is 0.587. The maximum absolute atomic E-state index is 5.59. The van der Waals surface area contributed by atoms with E-state index in [2.05, 4.69) is 377 Å². The third kappa shape index (κ3) is 14.4. The van der Waals surface area contributed by atoms with Crippen molar-refractivity contribution in [2.45, 2.75) is 64.6 Å². The van der Waals surface area contributed by atoms with Crippen molar-refractivity contribution in [3.63, 3.8) is 0 Å². The number of aryl methyl sites for hydroxylation is 6. The van der Waals surface area contributed by atoms with Crippen molar-refractivity contribution in [3.8, 4) is 89.0 Å². The molecule has 10 heteroatoms. The first-order valence-corrected chi connectivity index (χ1v) is 41.3. The highest BCUT2D eigenvalue weighted by Crippen LogP contribution is 2.43. The van der Waals surface area contributed by atoms with Crippen LogP contribution in [0.5, 0.6) is 0 Å². The minimum absolute atomic E-state index is 0.880. The van der Waals surface area contributed by atoms with Gasteiger partial charge in [-0.15, -0.1) is 0 Å². The number of H-pyrrole nitrogens is 4. The van der Waals surface area contributed by atoms with E-state index in [4.69, 9.17) is 19.9 Å². The van der Waals surface area contributed by atoms with Crippen LogP contribution in [-0.4, -0.2) is 39.9 Å². The molecule has 0 amide bonds. The molecule has 19 rings (SSSR count). The molecular formula is C104H82N8S2. The SMILES string of the molecule is Cc1ccc(-c2c3nc(c(-c4ccc(C)cc4)c4ccc([nH]4)c(-c4ccc(CSCc5ccc(CSCc6ccc(-c7c8nc(c(-c9ccc(C)cc9)c9ccc([nH]9)c(-c9ccc(C)cc9)c9nc(c(-c%10ccc(C)cc%10)c%10ccc7[nH]%10)C=C9)C=C8)cc6)cc5)cc4)c4nc(c(-c5ccc(C)cc5)c5ccc2[nH]5)C=C4)C=C3)cc1. The first kappa shape index (κ1) is 71.2. The van der Waals surface area contributed by atoms with Crippen LogP contribution in [-0.2, 0) is 23.0 Å². The van der Waals surface area contributed by atoms with E-state index >= 15 is 0 Å². The van der Waals surface area contributed by atoms with Gasteiger partial charge in [0.2, 0.25) is 0 Å².